The highest BCUT2D eigenvalue weighted by Crippen LogP contribution is 2.22. The smallest absolute Gasteiger partial charge is 0.335 e. The Labute approximate surface area is 125 Å². The fraction of sp³-hybridized carbons (Fsp3) is 0.500. The van der Waals surface area contributed by atoms with E-state index in [4.69, 9.17) is 5.11 Å². The zero-order valence-electron chi connectivity index (χ0n) is 12.3. The lowest BCUT2D eigenvalue weighted by Gasteiger charge is -2.32. The highest BCUT2D eigenvalue weighted by molar-refractivity contribution is 5.87. The Hall–Kier alpha value is -2.04. The Balaban J connectivity index is 1.83. The molecule has 0 unspecified atom stereocenters. The van der Waals surface area contributed by atoms with Crippen LogP contribution in [0.3, 0.4) is 0 Å². The number of aromatic carboxylic acids is 1. The molecule has 0 aliphatic carbocycles. The fourth-order valence-corrected chi connectivity index (χ4v) is 2.72. The summed E-state index contributed by atoms with van der Waals surface area (Å²) in [7, 11) is 0. The summed E-state index contributed by atoms with van der Waals surface area (Å²) in [5.74, 6) is -0.330. The Morgan fingerprint density at radius 3 is 2.38 bits per heavy atom. The Morgan fingerprint density at radius 2 is 1.86 bits per heavy atom. The molecule has 1 fully saturated rings. The summed E-state index contributed by atoms with van der Waals surface area (Å²) in [4.78, 5) is 24.4. The predicted octanol–water partition coefficient (Wildman–Crippen LogP) is 2.37. The van der Waals surface area contributed by atoms with Gasteiger partial charge < -0.3 is 15.3 Å². The second-order valence-electron chi connectivity index (χ2n) is 5.47. The third kappa shape index (κ3) is 4.21. The number of rotatable bonds is 4. The van der Waals surface area contributed by atoms with Crippen molar-refractivity contribution in [2.75, 3.05) is 19.6 Å². The molecule has 1 aliphatic rings. The van der Waals surface area contributed by atoms with Gasteiger partial charge in [-0.1, -0.05) is 12.1 Å². The van der Waals surface area contributed by atoms with Crippen molar-refractivity contribution in [3.05, 3.63) is 35.4 Å². The van der Waals surface area contributed by atoms with Crippen molar-refractivity contribution in [2.24, 2.45) is 5.92 Å². The zero-order chi connectivity index (χ0) is 15.2. The van der Waals surface area contributed by atoms with Gasteiger partial charge >= 0.3 is 12.0 Å². The normalized spacial score (nSPS) is 15.8. The van der Waals surface area contributed by atoms with E-state index in [1.165, 1.54) is 0 Å². The molecule has 0 radical (unpaired) electrons. The third-order valence-corrected chi connectivity index (χ3v) is 3.96. The molecule has 1 aromatic carbocycles. The predicted molar refractivity (Wildman–Crippen MR) is 80.5 cm³/mol. The minimum absolute atomic E-state index is 0.0294. The molecule has 1 heterocycles. The summed E-state index contributed by atoms with van der Waals surface area (Å²) in [5, 5.41) is 11.7. The van der Waals surface area contributed by atoms with Crippen LogP contribution in [0.1, 0.15) is 35.7 Å². The summed E-state index contributed by atoms with van der Waals surface area (Å²) in [6.45, 7) is 4.17. The van der Waals surface area contributed by atoms with Crippen molar-refractivity contribution in [1.82, 2.24) is 10.2 Å². The fourth-order valence-electron chi connectivity index (χ4n) is 2.72. The van der Waals surface area contributed by atoms with Gasteiger partial charge in [0.25, 0.3) is 0 Å². The topological polar surface area (TPSA) is 69.6 Å². The first kappa shape index (κ1) is 15.4. The number of hydrogen-bond acceptors (Lipinski definition) is 2. The maximum Gasteiger partial charge on any atom is 0.335 e. The number of nitrogens with zero attached hydrogens (tertiary/aromatic N) is 1. The van der Waals surface area contributed by atoms with Gasteiger partial charge in [0.1, 0.15) is 0 Å². The highest BCUT2D eigenvalue weighted by Gasteiger charge is 2.22. The van der Waals surface area contributed by atoms with Gasteiger partial charge in [0, 0.05) is 19.6 Å². The van der Waals surface area contributed by atoms with Gasteiger partial charge in [-0.3, -0.25) is 0 Å². The number of carboxylic acid groups (broad SMARTS) is 1. The number of likely N-dealkylation sites (tertiary alicyclic amines) is 1. The van der Waals surface area contributed by atoms with E-state index in [1.54, 1.807) is 12.1 Å². The molecule has 5 nitrogen and oxygen atoms in total. The largest absolute Gasteiger partial charge is 0.478 e. The van der Waals surface area contributed by atoms with Crippen LogP contribution in [-0.4, -0.2) is 41.6 Å². The zero-order valence-corrected chi connectivity index (χ0v) is 12.3. The maximum atomic E-state index is 11.7. The minimum atomic E-state index is -0.892. The van der Waals surface area contributed by atoms with Crippen molar-refractivity contribution >= 4 is 12.0 Å². The molecule has 2 N–H and O–H groups in total. The van der Waals surface area contributed by atoms with Gasteiger partial charge in [0.2, 0.25) is 0 Å². The lowest BCUT2D eigenvalue weighted by molar-refractivity contribution is 0.0697. The van der Waals surface area contributed by atoms with E-state index in [2.05, 4.69) is 5.32 Å². The summed E-state index contributed by atoms with van der Waals surface area (Å²) >= 11 is 0. The van der Waals surface area contributed by atoms with Crippen molar-refractivity contribution in [3.63, 3.8) is 0 Å². The molecule has 0 aromatic heterocycles. The van der Waals surface area contributed by atoms with Crippen LogP contribution < -0.4 is 5.32 Å². The molecule has 1 saturated heterocycles. The van der Waals surface area contributed by atoms with E-state index in [-0.39, 0.29) is 6.03 Å². The first-order valence-electron chi connectivity index (χ1n) is 7.45. The van der Waals surface area contributed by atoms with Crippen LogP contribution in [0.4, 0.5) is 4.79 Å². The number of amides is 2. The number of carbonyl (C=O) groups is 2. The summed E-state index contributed by atoms with van der Waals surface area (Å²) < 4.78 is 0. The van der Waals surface area contributed by atoms with Crippen molar-refractivity contribution < 1.29 is 14.7 Å². The lowest BCUT2D eigenvalue weighted by atomic mass is 9.90. The first-order chi connectivity index (χ1) is 10.1. The van der Waals surface area contributed by atoms with Crippen LogP contribution in [0.2, 0.25) is 0 Å². The van der Waals surface area contributed by atoms with Gasteiger partial charge in [0.05, 0.1) is 5.56 Å². The summed E-state index contributed by atoms with van der Waals surface area (Å²) in [6, 6.07) is 7.11. The molecular formula is C16H22N2O3. The van der Waals surface area contributed by atoms with Crippen molar-refractivity contribution in [3.8, 4) is 0 Å². The molecule has 21 heavy (non-hydrogen) atoms. The van der Waals surface area contributed by atoms with Crippen molar-refractivity contribution in [2.45, 2.75) is 26.2 Å². The monoisotopic (exact) mass is 290 g/mol. The highest BCUT2D eigenvalue weighted by atomic mass is 16.4. The van der Waals surface area contributed by atoms with Gasteiger partial charge in [-0.15, -0.1) is 0 Å². The van der Waals surface area contributed by atoms with Gasteiger partial charge in [-0.25, -0.2) is 9.59 Å². The summed E-state index contributed by atoms with van der Waals surface area (Å²) in [5.41, 5.74) is 1.49. The van der Waals surface area contributed by atoms with E-state index in [9.17, 15) is 9.59 Å². The van der Waals surface area contributed by atoms with Crippen LogP contribution in [0, 0.1) is 5.92 Å². The van der Waals surface area contributed by atoms with Gasteiger partial charge in [-0.2, -0.15) is 0 Å². The molecule has 0 saturated carbocycles. The number of nitrogens with one attached hydrogen (secondary N) is 1. The SMILES string of the molecule is CCNC(=O)N1CCC(Cc2ccc(C(=O)O)cc2)CC1. The molecule has 1 aromatic rings. The minimum Gasteiger partial charge on any atom is -0.478 e. The Bertz CT molecular complexity index is 491. The van der Waals surface area contributed by atoms with Gasteiger partial charge in [0.15, 0.2) is 0 Å². The van der Waals surface area contributed by atoms with Crippen LogP contribution >= 0.6 is 0 Å². The second kappa shape index (κ2) is 7.11. The second-order valence-corrected chi connectivity index (χ2v) is 5.47. The number of hydrogen-bond donors (Lipinski definition) is 2. The Kier molecular flexibility index (Phi) is 5.20. The molecule has 114 valence electrons. The van der Waals surface area contributed by atoms with Crippen molar-refractivity contribution in [1.29, 1.82) is 0 Å². The number of benzene rings is 1. The maximum absolute atomic E-state index is 11.7. The quantitative estimate of drug-likeness (QED) is 0.894. The molecule has 2 amide bonds. The van der Waals surface area contributed by atoms with Crippen LogP contribution in [-0.2, 0) is 6.42 Å². The van der Waals surface area contributed by atoms with E-state index in [1.807, 2.05) is 24.0 Å². The average molecular weight is 290 g/mol. The third-order valence-electron chi connectivity index (χ3n) is 3.96. The molecule has 0 bridgehead atoms. The summed E-state index contributed by atoms with van der Waals surface area (Å²) in [6.07, 6.45) is 2.94. The van der Waals surface area contributed by atoms with E-state index in [0.29, 0.717) is 18.0 Å². The average Bonchev–Trinajstić information content (AvgIpc) is 2.49. The molecule has 5 heteroatoms. The van der Waals surface area contributed by atoms with Crippen LogP contribution in [0.15, 0.2) is 24.3 Å². The molecular weight excluding hydrogens is 268 g/mol. The number of carboxylic acids is 1. The molecule has 2 rings (SSSR count). The van der Waals surface area contributed by atoms with Gasteiger partial charge in [-0.05, 0) is 49.8 Å². The standard InChI is InChI=1S/C16H22N2O3/c1-2-17-16(21)18-9-7-13(8-10-18)11-12-3-5-14(6-4-12)15(19)20/h3-6,13H,2,7-11H2,1H3,(H,17,21)(H,19,20). The molecule has 0 spiro atoms. The van der Waals surface area contributed by atoms with E-state index >= 15 is 0 Å². The van der Waals surface area contributed by atoms with Crippen LogP contribution in [0.5, 0.6) is 0 Å². The Morgan fingerprint density at radius 1 is 1.24 bits per heavy atom. The lowest BCUT2D eigenvalue weighted by Crippen LogP contribution is -2.44. The number of urea groups is 1. The number of piperidine rings is 1. The molecule has 1 aliphatic heterocycles. The van der Waals surface area contributed by atoms with E-state index < -0.39 is 5.97 Å². The number of carbonyl (C=O) groups excluding carboxylic acids is 1. The van der Waals surface area contributed by atoms with Crippen LogP contribution in [0.25, 0.3) is 0 Å². The molecule has 0 atom stereocenters. The van der Waals surface area contributed by atoms with E-state index in [0.717, 1.165) is 37.9 Å². The first-order valence-corrected chi connectivity index (χ1v) is 7.45.